The number of hydrogen-bond acceptors (Lipinski definition) is 2. The molecule has 0 spiro atoms. The molecule has 1 saturated heterocycles. The summed E-state index contributed by atoms with van der Waals surface area (Å²) in [5.41, 5.74) is 1.82. The summed E-state index contributed by atoms with van der Waals surface area (Å²) in [6.07, 6.45) is -0.930. The van der Waals surface area contributed by atoms with Crippen LogP contribution in [0.5, 0.6) is 0 Å². The van der Waals surface area contributed by atoms with E-state index in [1.54, 1.807) is 24.3 Å². The number of halogens is 1. The lowest BCUT2D eigenvalue weighted by Gasteiger charge is -2.24. The molecule has 116 valence electrons. The molecule has 3 nitrogen and oxygen atoms in total. The molecule has 0 aliphatic carbocycles. The minimum absolute atomic E-state index is 0.0875. The van der Waals surface area contributed by atoms with Crippen molar-refractivity contribution in [2.45, 2.75) is 30.5 Å². The fraction of sp³-hybridized carbons (Fsp3) is 0.294. The van der Waals surface area contributed by atoms with Gasteiger partial charge >= 0.3 is 0 Å². The van der Waals surface area contributed by atoms with E-state index < -0.39 is 22.2 Å². The van der Waals surface area contributed by atoms with Crippen LogP contribution in [0.4, 0.5) is 4.39 Å². The number of benzene rings is 2. The second-order valence-electron chi connectivity index (χ2n) is 5.65. The Morgan fingerprint density at radius 2 is 1.68 bits per heavy atom. The minimum atomic E-state index is -3.69. The predicted molar refractivity (Wildman–Crippen MR) is 83.8 cm³/mol. The SMILES string of the molecule is Cc1ccc(S(=O)(=O)N2C[C@H](F)C[C@@H]2c2ccccc2)cc1. The Labute approximate surface area is 130 Å². The van der Waals surface area contributed by atoms with Crippen LogP contribution in [0, 0.1) is 6.92 Å². The van der Waals surface area contributed by atoms with Crippen LogP contribution in [0.15, 0.2) is 59.5 Å². The van der Waals surface area contributed by atoms with Crippen molar-refractivity contribution in [3.05, 3.63) is 65.7 Å². The van der Waals surface area contributed by atoms with Crippen LogP contribution >= 0.6 is 0 Å². The molecular formula is C17H18FNO2S. The average molecular weight is 319 g/mol. The van der Waals surface area contributed by atoms with Gasteiger partial charge in [0.2, 0.25) is 10.0 Å². The Balaban J connectivity index is 1.99. The summed E-state index contributed by atoms with van der Waals surface area (Å²) in [6.45, 7) is 1.81. The van der Waals surface area contributed by atoms with Crippen LogP contribution in [0.2, 0.25) is 0 Å². The molecule has 0 unspecified atom stereocenters. The number of aryl methyl sites for hydroxylation is 1. The van der Waals surface area contributed by atoms with Crippen LogP contribution in [0.3, 0.4) is 0 Å². The third-order valence-corrected chi connectivity index (χ3v) is 5.91. The van der Waals surface area contributed by atoms with E-state index in [2.05, 4.69) is 0 Å². The van der Waals surface area contributed by atoms with Gasteiger partial charge in [0.05, 0.1) is 10.9 Å². The van der Waals surface area contributed by atoms with Gasteiger partial charge in [-0.2, -0.15) is 4.31 Å². The van der Waals surface area contributed by atoms with Crippen LogP contribution in [0.25, 0.3) is 0 Å². The maximum absolute atomic E-state index is 13.9. The lowest BCUT2D eigenvalue weighted by Crippen LogP contribution is -2.31. The van der Waals surface area contributed by atoms with Crippen molar-refractivity contribution < 1.29 is 12.8 Å². The summed E-state index contributed by atoms with van der Waals surface area (Å²) in [4.78, 5) is 0.216. The van der Waals surface area contributed by atoms with Crippen molar-refractivity contribution in [3.63, 3.8) is 0 Å². The first-order valence-corrected chi connectivity index (χ1v) is 8.70. The van der Waals surface area contributed by atoms with E-state index in [9.17, 15) is 12.8 Å². The zero-order valence-corrected chi connectivity index (χ0v) is 13.1. The summed E-state index contributed by atoms with van der Waals surface area (Å²) >= 11 is 0. The molecule has 0 radical (unpaired) electrons. The second kappa shape index (κ2) is 5.82. The van der Waals surface area contributed by atoms with E-state index in [0.717, 1.165) is 11.1 Å². The molecule has 2 aromatic rings. The molecule has 1 aliphatic rings. The Bertz CT molecular complexity index is 744. The first kappa shape index (κ1) is 15.2. The summed E-state index contributed by atoms with van der Waals surface area (Å²) < 4.78 is 40.9. The maximum Gasteiger partial charge on any atom is 0.243 e. The molecule has 2 aromatic carbocycles. The van der Waals surface area contributed by atoms with Crippen molar-refractivity contribution in [1.82, 2.24) is 4.31 Å². The molecular weight excluding hydrogens is 301 g/mol. The molecule has 5 heteroatoms. The number of alkyl halides is 1. The number of rotatable bonds is 3. The first-order valence-electron chi connectivity index (χ1n) is 7.26. The van der Waals surface area contributed by atoms with E-state index >= 15 is 0 Å². The minimum Gasteiger partial charge on any atom is -0.246 e. The Morgan fingerprint density at radius 3 is 2.32 bits per heavy atom. The van der Waals surface area contributed by atoms with Gasteiger partial charge in [0.1, 0.15) is 6.17 Å². The predicted octanol–water partition coefficient (Wildman–Crippen LogP) is 3.47. The third kappa shape index (κ3) is 2.78. The van der Waals surface area contributed by atoms with Gasteiger partial charge in [-0.1, -0.05) is 48.0 Å². The van der Waals surface area contributed by atoms with Gasteiger partial charge in [-0.05, 0) is 24.6 Å². The molecule has 0 N–H and O–H groups in total. The Kier molecular flexibility index (Phi) is 4.02. The van der Waals surface area contributed by atoms with E-state index in [1.807, 2.05) is 37.3 Å². The summed E-state index contributed by atoms with van der Waals surface area (Å²) in [7, 11) is -3.69. The zero-order chi connectivity index (χ0) is 15.7. The highest BCUT2D eigenvalue weighted by Gasteiger charge is 2.41. The van der Waals surface area contributed by atoms with Crippen molar-refractivity contribution in [2.24, 2.45) is 0 Å². The highest BCUT2D eigenvalue weighted by atomic mass is 32.2. The number of hydrogen-bond donors (Lipinski definition) is 0. The molecule has 0 aromatic heterocycles. The fourth-order valence-corrected chi connectivity index (χ4v) is 4.50. The molecule has 1 heterocycles. The van der Waals surface area contributed by atoms with Crippen molar-refractivity contribution in [1.29, 1.82) is 0 Å². The van der Waals surface area contributed by atoms with E-state index in [-0.39, 0.29) is 17.9 Å². The van der Waals surface area contributed by atoms with Crippen molar-refractivity contribution >= 4 is 10.0 Å². The summed E-state index contributed by atoms with van der Waals surface area (Å²) in [5, 5.41) is 0. The molecule has 2 atom stereocenters. The van der Waals surface area contributed by atoms with Crippen molar-refractivity contribution in [2.75, 3.05) is 6.54 Å². The van der Waals surface area contributed by atoms with Gasteiger partial charge in [0.25, 0.3) is 0 Å². The van der Waals surface area contributed by atoms with Gasteiger partial charge in [-0.25, -0.2) is 12.8 Å². The average Bonchev–Trinajstić information content (AvgIpc) is 2.91. The van der Waals surface area contributed by atoms with E-state index in [4.69, 9.17) is 0 Å². The smallest absolute Gasteiger partial charge is 0.243 e. The first-order chi connectivity index (χ1) is 10.5. The van der Waals surface area contributed by atoms with Crippen LogP contribution in [-0.4, -0.2) is 25.4 Å². The highest BCUT2D eigenvalue weighted by molar-refractivity contribution is 7.89. The topological polar surface area (TPSA) is 37.4 Å². The number of sulfonamides is 1. The lowest BCUT2D eigenvalue weighted by atomic mass is 10.1. The molecule has 0 bridgehead atoms. The van der Waals surface area contributed by atoms with Gasteiger partial charge in [-0.3, -0.25) is 0 Å². The molecule has 0 saturated carbocycles. The molecule has 3 rings (SSSR count). The molecule has 1 fully saturated rings. The van der Waals surface area contributed by atoms with Crippen molar-refractivity contribution in [3.8, 4) is 0 Å². The van der Waals surface area contributed by atoms with Crippen LogP contribution in [0.1, 0.15) is 23.6 Å². The standard InChI is InChI=1S/C17H18FNO2S/c1-13-7-9-16(10-8-13)22(20,21)19-12-15(18)11-17(19)14-5-3-2-4-6-14/h2-10,15,17H,11-12H2,1H3/t15-,17-/m1/s1. The second-order valence-corrected chi connectivity index (χ2v) is 7.54. The largest absolute Gasteiger partial charge is 0.246 e. The normalized spacial score (nSPS) is 22.8. The molecule has 1 aliphatic heterocycles. The third-order valence-electron chi connectivity index (χ3n) is 4.02. The fourth-order valence-electron chi connectivity index (χ4n) is 2.85. The zero-order valence-electron chi connectivity index (χ0n) is 12.3. The molecule has 0 amide bonds. The van der Waals surface area contributed by atoms with Gasteiger partial charge < -0.3 is 0 Å². The quantitative estimate of drug-likeness (QED) is 0.869. The maximum atomic E-state index is 13.9. The lowest BCUT2D eigenvalue weighted by molar-refractivity contribution is 0.342. The van der Waals surface area contributed by atoms with Gasteiger partial charge in [-0.15, -0.1) is 0 Å². The van der Waals surface area contributed by atoms with Gasteiger partial charge in [0.15, 0.2) is 0 Å². The van der Waals surface area contributed by atoms with Crippen LogP contribution in [-0.2, 0) is 10.0 Å². The molecule has 22 heavy (non-hydrogen) atoms. The van der Waals surface area contributed by atoms with E-state index in [1.165, 1.54) is 4.31 Å². The summed E-state index contributed by atoms with van der Waals surface area (Å²) in [5.74, 6) is 0. The number of nitrogens with zero attached hydrogens (tertiary/aromatic N) is 1. The monoisotopic (exact) mass is 319 g/mol. The van der Waals surface area contributed by atoms with Gasteiger partial charge in [0, 0.05) is 13.0 Å². The van der Waals surface area contributed by atoms with Crippen LogP contribution < -0.4 is 0 Å². The summed E-state index contributed by atoms with van der Waals surface area (Å²) in [6, 6.07) is 15.5. The van der Waals surface area contributed by atoms with E-state index in [0.29, 0.717) is 0 Å². The highest BCUT2D eigenvalue weighted by Crippen LogP contribution is 2.37. The Morgan fingerprint density at radius 1 is 1.05 bits per heavy atom. The Hall–Kier alpha value is -1.72.